The Morgan fingerprint density at radius 1 is 1.62 bits per heavy atom. The highest BCUT2D eigenvalue weighted by Gasteiger charge is 2.12. The van der Waals surface area contributed by atoms with Gasteiger partial charge in [-0.3, -0.25) is 4.79 Å². The molecule has 0 aliphatic heterocycles. The molecule has 1 aromatic carbocycles. The summed E-state index contributed by atoms with van der Waals surface area (Å²) in [6.45, 7) is 0. The summed E-state index contributed by atoms with van der Waals surface area (Å²) in [6.07, 6.45) is 0. The average molecular weight is 200 g/mol. The van der Waals surface area contributed by atoms with E-state index in [2.05, 4.69) is 0 Å². The van der Waals surface area contributed by atoms with E-state index in [1.165, 1.54) is 7.11 Å². The van der Waals surface area contributed by atoms with Crippen molar-refractivity contribution in [2.45, 2.75) is 5.50 Å². The molecular weight excluding hydrogens is 190 g/mol. The minimum Gasteiger partial charge on any atom is -0.497 e. The Hall–Kier alpha value is -1.06. The Bertz CT molecular complexity index is 312. The maximum absolute atomic E-state index is 11.3. The van der Waals surface area contributed by atoms with Gasteiger partial charge in [-0.15, -0.1) is 0 Å². The zero-order valence-corrected chi connectivity index (χ0v) is 7.91. The number of carbonyl (C=O) groups excluding carboxylic acids is 1. The number of carbonyl (C=O) groups is 1. The van der Waals surface area contributed by atoms with Crippen LogP contribution in [0, 0.1) is 0 Å². The Labute approximate surface area is 81.4 Å². The van der Waals surface area contributed by atoms with Crippen LogP contribution in [0.3, 0.4) is 0 Å². The minimum atomic E-state index is -0.993. The van der Waals surface area contributed by atoms with Crippen molar-refractivity contribution in [1.82, 2.24) is 0 Å². The topological polar surface area (TPSA) is 52.3 Å². The van der Waals surface area contributed by atoms with Gasteiger partial charge < -0.3 is 10.5 Å². The van der Waals surface area contributed by atoms with Crippen LogP contribution in [0.25, 0.3) is 0 Å². The van der Waals surface area contributed by atoms with Gasteiger partial charge in [0.1, 0.15) is 11.3 Å². The van der Waals surface area contributed by atoms with Crippen LogP contribution in [0.1, 0.15) is 10.4 Å². The number of hydrogen-bond acceptors (Lipinski definition) is 3. The van der Waals surface area contributed by atoms with E-state index in [1.807, 2.05) is 0 Å². The fourth-order valence-electron chi connectivity index (χ4n) is 0.936. The number of nitrogens with two attached hydrogens (primary N) is 1. The van der Waals surface area contributed by atoms with E-state index in [4.69, 9.17) is 22.1 Å². The molecule has 4 heteroatoms. The summed E-state index contributed by atoms with van der Waals surface area (Å²) in [5.41, 5.74) is 4.70. The normalized spacial score (nSPS) is 12.2. The quantitative estimate of drug-likeness (QED) is 0.455. The maximum Gasteiger partial charge on any atom is 0.194 e. The van der Waals surface area contributed by atoms with Gasteiger partial charge in [0.15, 0.2) is 5.78 Å². The van der Waals surface area contributed by atoms with Gasteiger partial charge in [-0.25, -0.2) is 0 Å². The lowest BCUT2D eigenvalue weighted by Crippen LogP contribution is -2.23. The van der Waals surface area contributed by atoms with E-state index >= 15 is 0 Å². The molecule has 1 unspecified atom stereocenters. The van der Waals surface area contributed by atoms with Crippen LogP contribution in [0.2, 0.25) is 0 Å². The average Bonchev–Trinajstić information content (AvgIpc) is 2.16. The first-order valence-electron chi connectivity index (χ1n) is 3.73. The van der Waals surface area contributed by atoms with Gasteiger partial charge in [0.2, 0.25) is 0 Å². The molecule has 0 radical (unpaired) electrons. The van der Waals surface area contributed by atoms with E-state index < -0.39 is 5.50 Å². The standard InChI is InChI=1S/C9H10ClNO2/c1-13-7-4-2-3-6(5-7)8(12)9(10)11/h2-5,9H,11H2,1H3. The van der Waals surface area contributed by atoms with E-state index in [0.717, 1.165) is 0 Å². The number of rotatable bonds is 3. The van der Waals surface area contributed by atoms with Crippen molar-refractivity contribution < 1.29 is 9.53 Å². The van der Waals surface area contributed by atoms with E-state index in [0.29, 0.717) is 11.3 Å². The number of alkyl halides is 1. The van der Waals surface area contributed by atoms with Crippen LogP contribution >= 0.6 is 11.6 Å². The van der Waals surface area contributed by atoms with E-state index in [-0.39, 0.29) is 5.78 Å². The van der Waals surface area contributed by atoms with Crippen molar-refractivity contribution in [3.8, 4) is 5.75 Å². The fraction of sp³-hybridized carbons (Fsp3) is 0.222. The summed E-state index contributed by atoms with van der Waals surface area (Å²) < 4.78 is 4.95. The predicted octanol–water partition coefficient (Wildman–Crippen LogP) is 1.40. The lowest BCUT2D eigenvalue weighted by molar-refractivity contribution is 0.0988. The fourth-order valence-corrected chi connectivity index (χ4v) is 1.06. The highest BCUT2D eigenvalue weighted by atomic mass is 35.5. The predicted molar refractivity (Wildman–Crippen MR) is 51.2 cm³/mol. The van der Waals surface area contributed by atoms with Crippen LogP contribution in [0.15, 0.2) is 24.3 Å². The van der Waals surface area contributed by atoms with Crippen LogP contribution in [-0.4, -0.2) is 18.4 Å². The second-order valence-corrected chi connectivity index (χ2v) is 2.97. The zero-order chi connectivity index (χ0) is 9.84. The van der Waals surface area contributed by atoms with Gasteiger partial charge in [-0.1, -0.05) is 23.7 Å². The molecule has 0 amide bonds. The van der Waals surface area contributed by atoms with Gasteiger partial charge in [0.05, 0.1) is 7.11 Å². The molecular formula is C9H10ClNO2. The molecule has 1 atom stereocenters. The first kappa shape index (κ1) is 10.0. The first-order chi connectivity index (χ1) is 6.15. The van der Waals surface area contributed by atoms with Gasteiger partial charge in [-0.2, -0.15) is 0 Å². The number of benzene rings is 1. The summed E-state index contributed by atoms with van der Waals surface area (Å²) in [4.78, 5) is 11.3. The first-order valence-corrected chi connectivity index (χ1v) is 4.16. The monoisotopic (exact) mass is 199 g/mol. The Morgan fingerprint density at radius 2 is 2.31 bits per heavy atom. The molecule has 0 spiro atoms. The van der Waals surface area contributed by atoms with Gasteiger partial charge >= 0.3 is 0 Å². The summed E-state index contributed by atoms with van der Waals surface area (Å²) in [5, 5.41) is 0. The third-order valence-corrected chi connectivity index (χ3v) is 1.80. The summed E-state index contributed by atoms with van der Waals surface area (Å²) in [5.74, 6) is 0.309. The third kappa shape index (κ3) is 2.44. The molecule has 0 fully saturated rings. The molecule has 3 nitrogen and oxygen atoms in total. The molecule has 2 N–H and O–H groups in total. The van der Waals surface area contributed by atoms with Gasteiger partial charge in [-0.05, 0) is 12.1 Å². The van der Waals surface area contributed by atoms with E-state index in [9.17, 15) is 4.79 Å². The van der Waals surface area contributed by atoms with Crippen LogP contribution in [0.5, 0.6) is 5.75 Å². The molecule has 0 aliphatic rings. The van der Waals surface area contributed by atoms with Gasteiger partial charge in [0, 0.05) is 5.56 Å². The van der Waals surface area contributed by atoms with Gasteiger partial charge in [0.25, 0.3) is 0 Å². The van der Waals surface area contributed by atoms with Crippen molar-refractivity contribution >= 4 is 17.4 Å². The molecule has 0 aromatic heterocycles. The van der Waals surface area contributed by atoms with E-state index in [1.54, 1.807) is 24.3 Å². The SMILES string of the molecule is COc1cccc(C(=O)C(N)Cl)c1. The van der Waals surface area contributed by atoms with Crippen molar-refractivity contribution in [1.29, 1.82) is 0 Å². The highest BCUT2D eigenvalue weighted by molar-refractivity contribution is 6.33. The minimum absolute atomic E-state index is 0.305. The number of halogens is 1. The second-order valence-electron chi connectivity index (χ2n) is 2.50. The molecule has 0 saturated heterocycles. The number of methoxy groups -OCH3 is 1. The molecule has 0 bridgehead atoms. The highest BCUT2D eigenvalue weighted by Crippen LogP contribution is 2.14. The molecule has 1 aromatic rings. The summed E-state index contributed by atoms with van der Waals surface area (Å²) >= 11 is 5.45. The molecule has 1 rings (SSSR count). The van der Waals surface area contributed by atoms with Crippen molar-refractivity contribution in [3.63, 3.8) is 0 Å². The zero-order valence-electron chi connectivity index (χ0n) is 7.16. The molecule has 13 heavy (non-hydrogen) atoms. The second kappa shape index (κ2) is 4.25. The molecule has 0 aliphatic carbocycles. The number of Topliss-reactive ketones (excluding diaryl/α,β-unsaturated/α-hetero) is 1. The van der Waals surface area contributed by atoms with Crippen LogP contribution in [-0.2, 0) is 0 Å². The third-order valence-electron chi connectivity index (χ3n) is 1.60. The van der Waals surface area contributed by atoms with Crippen molar-refractivity contribution in [2.24, 2.45) is 5.73 Å². The number of hydrogen-bond donors (Lipinski definition) is 1. The lowest BCUT2D eigenvalue weighted by Gasteiger charge is -2.04. The Morgan fingerprint density at radius 3 is 2.85 bits per heavy atom. The van der Waals surface area contributed by atoms with Crippen LogP contribution in [0.4, 0.5) is 0 Å². The van der Waals surface area contributed by atoms with Crippen LogP contribution < -0.4 is 10.5 Å². The number of ether oxygens (including phenoxy) is 1. The Kier molecular flexibility index (Phi) is 3.28. The molecule has 0 heterocycles. The molecule has 0 saturated carbocycles. The number of ketones is 1. The summed E-state index contributed by atoms with van der Waals surface area (Å²) in [6, 6.07) is 6.71. The van der Waals surface area contributed by atoms with Crippen molar-refractivity contribution in [2.75, 3.05) is 7.11 Å². The molecule has 70 valence electrons. The smallest absolute Gasteiger partial charge is 0.194 e. The summed E-state index contributed by atoms with van der Waals surface area (Å²) in [7, 11) is 1.53. The largest absolute Gasteiger partial charge is 0.497 e. The maximum atomic E-state index is 11.3. The van der Waals surface area contributed by atoms with Crippen molar-refractivity contribution in [3.05, 3.63) is 29.8 Å². The Balaban J connectivity index is 2.95. The lowest BCUT2D eigenvalue weighted by atomic mass is 10.1.